The van der Waals surface area contributed by atoms with Gasteiger partial charge in [0.05, 0.1) is 18.9 Å². The van der Waals surface area contributed by atoms with E-state index in [4.69, 9.17) is 0 Å². The van der Waals surface area contributed by atoms with Crippen molar-refractivity contribution in [3.63, 3.8) is 0 Å². The lowest BCUT2D eigenvalue weighted by Gasteiger charge is -2.03. The number of aryl methyl sites for hydroxylation is 1. The number of unbranched alkanes of at least 4 members (excludes halogenated alkanes) is 1. The van der Waals surface area contributed by atoms with Crippen LogP contribution in [0.2, 0.25) is 0 Å². The van der Waals surface area contributed by atoms with Crippen molar-refractivity contribution < 1.29 is 0 Å². The van der Waals surface area contributed by atoms with Crippen molar-refractivity contribution in [3.05, 3.63) is 12.4 Å². The summed E-state index contributed by atoms with van der Waals surface area (Å²) in [7, 11) is 0. The first kappa shape index (κ1) is 9.23. The van der Waals surface area contributed by atoms with Gasteiger partial charge < -0.3 is 0 Å². The normalized spacial score (nSPS) is 10.9. The fraction of sp³-hybridized carbons (Fsp3) is 0.778. The van der Waals surface area contributed by atoms with Gasteiger partial charge in [-0.25, -0.2) is 0 Å². The molecule has 3 heteroatoms. The third-order valence-corrected chi connectivity index (χ3v) is 1.86. The summed E-state index contributed by atoms with van der Waals surface area (Å²) in [5.41, 5.74) is 0. The predicted molar refractivity (Wildman–Crippen MR) is 48.7 cm³/mol. The van der Waals surface area contributed by atoms with E-state index in [1.165, 1.54) is 19.3 Å². The Balaban J connectivity index is 2.04. The Kier molecular flexibility index (Phi) is 3.77. The number of rotatable bonds is 5. The second-order valence-electron chi connectivity index (χ2n) is 3.51. The average Bonchev–Trinajstić information content (AvgIpc) is 2.49. The second-order valence-corrected chi connectivity index (χ2v) is 3.51. The molecule has 12 heavy (non-hydrogen) atoms. The van der Waals surface area contributed by atoms with Gasteiger partial charge in [-0.2, -0.15) is 15.0 Å². The van der Waals surface area contributed by atoms with Crippen molar-refractivity contribution in [2.45, 2.75) is 39.7 Å². The van der Waals surface area contributed by atoms with Gasteiger partial charge in [0, 0.05) is 0 Å². The van der Waals surface area contributed by atoms with Crippen molar-refractivity contribution in [1.29, 1.82) is 0 Å². The summed E-state index contributed by atoms with van der Waals surface area (Å²) in [6, 6.07) is 0. The minimum atomic E-state index is 0.815. The summed E-state index contributed by atoms with van der Waals surface area (Å²) in [4.78, 5) is 1.75. The van der Waals surface area contributed by atoms with E-state index >= 15 is 0 Å². The number of hydrogen-bond acceptors (Lipinski definition) is 2. The molecular formula is C9H17N3. The number of aromatic nitrogens is 3. The van der Waals surface area contributed by atoms with E-state index in [1.807, 2.05) is 0 Å². The molecule has 0 bridgehead atoms. The molecule has 0 amide bonds. The summed E-state index contributed by atoms with van der Waals surface area (Å²) in [6.45, 7) is 5.47. The molecule has 0 atom stereocenters. The van der Waals surface area contributed by atoms with E-state index in [9.17, 15) is 0 Å². The van der Waals surface area contributed by atoms with Gasteiger partial charge in [0.25, 0.3) is 0 Å². The Bertz CT molecular complexity index is 192. The molecule has 68 valence electrons. The Morgan fingerprint density at radius 2 is 1.83 bits per heavy atom. The molecule has 0 spiro atoms. The van der Waals surface area contributed by atoms with Crippen molar-refractivity contribution in [2.24, 2.45) is 5.92 Å². The van der Waals surface area contributed by atoms with Crippen LogP contribution in [-0.2, 0) is 6.54 Å². The average molecular weight is 167 g/mol. The Hall–Kier alpha value is -0.860. The van der Waals surface area contributed by atoms with Crippen LogP contribution in [0.25, 0.3) is 0 Å². The van der Waals surface area contributed by atoms with Gasteiger partial charge in [-0.1, -0.05) is 26.7 Å². The molecule has 0 radical (unpaired) electrons. The maximum atomic E-state index is 4.04. The molecule has 1 rings (SSSR count). The first-order valence-electron chi connectivity index (χ1n) is 4.63. The monoisotopic (exact) mass is 167 g/mol. The van der Waals surface area contributed by atoms with Crippen LogP contribution in [0.1, 0.15) is 33.1 Å². The first-order chi connectivity index (χ1) is 5.79. The zero-order chi connectivity index (χ0) is 8.81. The summed E-state index contributed by atoms with van der Waals surface area (Å²) in [5, 5.41) is 8.08. The fourth-order valence-electron chi connectivity index (χ4n) is 1.16. The molecule has 0 unspecified atom stereocenters. The van der Waals surface area contributed by atoms with Crippen LogP contribution in [0.15, 0.2) is 12.4 Å². The highest BCUT2D eigenvalue weighted by molar-refractivity contribution is 4.59. The van der Waals surface area contributed by atoms with Gasteiger partial charge >= 0.3 is 0 Å². The maximum absolute atomic E-state index is 4.04. The molecule has 0 aliphatic carbocycles. The van der Waals surface area contributed by atoms with E-state index in [0.717, 1.165) is 12.5 Å². The van der Waals surface area contributed by atoms with Crippen LogP contribution in [0.3, 0.4) is 0 Å². The van der Waals surface area contributed by atoms with Gasteiger partial charge in [0.15, 0.2) is 0 Å². The van der Waals surface area contributed by atoms with Crippen molar-refractivity contribution >= 4 is 0 Å². The lowest BCUT2D eigenvalue weighted by atomic mass is 10.1. The molecule has 3 nitrogen and oxygen atoms in total. The number of nitrogens with zero attached hydrogens (tertiary/aromatic N) is 3. The predicted octanol–water partition coefficient (Wildman–Crippen LogP) is 2.10. The van der Waals surface area contributed by atoms with Crippen LogP contribution in [0, 0.1) is 5.92 Å². The Morgan fingerprint density at radius 3 is 2.42 bits per heavy atom. The highest BCUT2D eigenvalue weighted by Gasteiger charge is 1.95. The van der Waals surface area contributed by atoms with Crippen molar-refractivity contribution in [2.75, 3.05) is 0 Å². The maximum Gasteiger partial charge on any atom is 0.0693 e. The SMILES string of the molecule is CC(C)CCCCn1nccn1. The zero-order valence-corrected chi connectivity index (χ0v) is 7.90. The topological polar surface area (TPSA) is 30.7 Å². The zero-order valence-electron chi connectivity index (χ0n) is 7.90. The lowest BCUT2D eigenvalue weighted by Crippen LogP contribution is -2.02. The largest absolute Gasteiger partial charge is 0.185 e. The summed E-state index contributed by atoms with van der Waals surface area (Å²) in [5.74, 6) is 0.815. The quantitative estimate of drug-likeness (QED) is 0.629. The van der Waals surface area contributed by atoms with Gasteiger partial charge in [-0.3, -0.25) is 0 Å². The first-order valence-corrected chi connectivity index (χ1v) is 4.63. The molecule has 0 saturated carbocycles. The van der Waals surface area contributed by atoms with E-state index in [0.29, 0.717) is 0 Å². The highest BCUT2D eigenvalue weighted by atomic mass is 15.5. The molecule has 0 saturated heterocycles. The van der Waals surface area contributed by atoms with E-state index in [2.05, 4.69) is 24.0 Å². The van der Waals surface area contributed by atoms with Crippen LogP contribution in [0.5, 0.6) is 0 Å². The minimum Gasteiger partial charge on any atom is -0.185 e. The van der Waals surface area contributed by atoms with Crippen LogP contribution >= 0.6 is 0 Å². The van der Waals surface area contributed by atoms with Crippen molar-refractivity contribution in [1.82, 2.24) is 15.0 Å². The minimum absolute atomic E-state index is 0.815. The smallest absolute Gasteiger partial charge is 0.0693 e. The lowest BCUT2D eigenvalue weighted by molar-refractivity contribution is 0.462. The van der Waals surface area contributed by atoms with Crippen LogP contribution in [-0.4, -0.2) is 15.0 Å². The highest BCUT2D eigenvalue weighted by Crippen LogP contribution is 2.06. The van der Waals surface area contributed by atoms with E-state index < -0.39 is 0 Å². The molecule has 0 N–H and O–H groups in total. The Morgan fingerprint density at radius 1 is 1.17 bits per heavy atom. The summed E-state index contributed by atoms with van der Waals surface area (Å²) >= 11 is 0. The Labute approximate surface area is 73.8 Å². The van der Waals surface area contributed by atoms with Crippen LogP contribution < -0.4 is 0 Å². The van der Waals surface area contributed by atoms with Crippen molar-refractivity contribution in [3.8, 4) is 0 Å². The number of hydrogen-bond donors (Lipinski definition) is 0. The molecule has 1 aromatic rings. The second kappa shape index (κ2) is 4.91. The van der Waals surface area contributed by atoms with E-state index in [-0.39, 0.29) is 0 Å². The standard InChI is InChI=1S/C9H17N3/c1-9(2)5-3-4-8-12-10-6-7-11-12/h6-7,9H,3-5,8H2,1-2H3. The van der Waals surface area contributed by atoms with Crippen LogP contribution in [0.4, 0.5) is 0 Å². The fourth-order valence-corrected chi connectivity index (χ4v) is 1.16. The summed E-state index contributed by atoms with van der Waals surface area (Å²) in [6.07, 6.45) is 7.22. The van der Waals surface area contributed by atoms with Gasteiger partial charge in [0.1, 0.15) is 0 Å². The third-order valence-electron chi connectivity index (χ3n) is 1.86. The molecule has 0 aromatic carbocycles. The van der Waals surface area contributed by atoms with Gasteiger partial charge in [-0.05, 0) is 12.3 Å². The molecule has 1 heterocycles. The third kappa shape index (κ3) is 3.51. The molecule has 0 aliphatic rings. The van der Waals surface area contributed by atoms with Gasteiger partial charge in [-0.15, -0.1) is 0 Å². The van der Waals surface area contributed by atoms with E-state index in [1.54, 1.807) is 17.2 Å². The molecule has 1 aromatic heterocycles. The molecule has 0 aliphatic heterocycles. The van der Waals surface area contributed by atoms with Gasteiger partial charge in [0.2, 0.25) is 0 Å². The molecule has 0 fully saturated rings. The molecular weight excluding hydrogens is 150 g/mol. The summed E-state index contributed by atoms with van der Waals surface area (Å²) < 4.78 is 0.